The molecule has 0 N–H and O–H groups in total. The summed E-state index contributed by atoms with van der Waals surface area (Å²) >= 11 is 0. The smallest absolute Gasteiger partial charge is 0.327 e. The summed E-state index contributed by atoms with van der Waals surface area (Å²) in [5.41, 5.74) is 0.884. The van der Waals surface area contributed by atoms with E-state index in [2.05, 4.69) is 0 Å². The molecule has 0 atom stereocenters. The molecule has 136 valence electrons. The molecule has 2 rings (SSSR count). The molecule has 1 aliphatic rings. The van der Waals surface area contributed by atoms with Crippen LogP contribution in [-0.4, -0.2) is 39.4 Å². The summed E-state index contributed by atoms with van der Waals surface area (Å²) in [7, 11) is 3.11. The molecule has 0 radical (unpaired) electrons. The number of ether oxygens (including phenoxy) is 4. The highest BCUT2D eigenvalue weighted by molar-refractivity contribution is 6.05. The third kappa shape index (κ3) is 3.34. The first kappa shape index (κ1) is 18.8. The van der Waals surface area contributed by atoms with Gasteiger partial charge in [-0.15, -0.1) is 0 Å². The van der Waals surface area contributed by atoms with Crippen LogP contribution >= 0.6 is 0 Å². The van der Waals surface area contributed by atoms with Crippen molar-refractivity contribution in [2.45, 2.75) is 27.2 Å². The van der Waals surface area contributed by atoms with Crippen LogP contribution in [0, 0.1) is 5.41 Å². The van der Waals surface area contributed by atoms with E-state index in [-0.39, 0.29) is 19.6 Å². The summed E-state index contributed by atoms with van der Waals surface area (Å²) in [6, 6.07) is 3.60. The molecule has 0 fully saturated rings. The van der Waals surface area contributed by atoms with Gasteiger partial charge in [0.15, 0.2) is 5.41 Å². The van der Waals surface area contributed by atoms with E-state index in [9.17, 15) is 9.59 Å². The first-order valence-electron chi connectivity index (χ1n) is 8.22. The van der Waals surface area contributed by atoms with Gasteiger partial charge in [0.2, 0.25) is 0 Å². The molecular formula is C19H24O6. The van der Waals surface area contributed by atoms with E-state index in [1.54, 1.807) is 40.2 Å². The SMILES string of the molecule is CCOC(=O)C1(C(=O)OCC)C=C(C)c2cc(OC)cc(OC)c2C1. The average Bonchev–Trinajstić information content (AvgIpc) is 2.61. The van der Waals surface area contributed by atoms with Gasteiger partial charge in [0.1, 0.15) is 11.5 Å². The highest BCUT2D eigenvalue weighted by atomic mass is 16.6. The minimum absolute atomic E-state index is 0.116. The monoisotopic (exact) mass is 348 g/mol. The zero-order valence-electron chi connectivity index (χ0n) is 15.3. The van der Waals surface area contributed by atoms with Crippen LogP contribution < -0.4 is 9.47 Å². The van der Waals surface area contributed by atoms with E-state index in [0.717, 1.165) is 16.7 Å². The lowest BCUT2D eigenvalue weighted by molar-refractivity contribution is -0.168. The molecule has 0 unspecified atom stereocenters. The van der Waals surface area contributed by atoms with Gasteiger partial charge < -0.3 is 18.9 Å². The van der Waals surface area contributed by atoms with Crippen LogP contribution in [0.25, 0.3) is 5.57 Å². The van der Waals surface area contributed by atoms with Gasteiger partial charge in [-0.2, -0.15) is 0 Å². The largest absolute Gasteiger partial charge is 0.497 e. The highest BCUT2D eigenvalue weighted by Crippen LogP contribution is 2.44. The zero-order valence-corrected chi connectivity index (χ0v) is 15.3. The van der Waals surface area contributed by atoms with Crippen LogP contribution in [0.1, 0.15) is 31.9 Å². The number of carbonyl (C=O) groups is 2. The fraction of sp³-hybridized carbons (Fsp3) is 0.474. The van der Waals surface area contributed by atoms with Crippen molar-refractivity contribution in [2.75, 3.05) is 27.4 Å². The quantitative estimate of drug-likeness (QED) is 0.581. The Morgan fingerprint density at radius 2 is 1.64 bits per heavy atom. The summed E-state index contributed by atoms with van der Waals surface area (Å²) in [5.74, 6) is -0.0319. The third-order valence-corrected chi connectivity index (χ3v) is 4.26. The molecule has 0 heterocycles. The minimum Gasteiger partial charge on any atom is -0.497 e. The van der Waals surface area contributed by atoms with Crippen molar-refractivity contribution >= 4 is 17.5 Å². The molecule has 6 heteroatoms. The Labute approximate surface area is 147 Å². The standard InChI is InChI=1S/C19H24O6/c1-6-24-17(20)19(18(21)25-7-2)10-12(3)14-8-13(22-4)9-16(23-5)15(14)11-19/h8-10H,6-7,11H2,1-5H3. The normalized spacial score (nSPS) is 14.8. The fourth-order valence-corrected chi connectivity index (χ4v) is 3.10. The van der Waals surface area contributed by atoms with Gasteiger partial charge in [-0.05, 0) is 38.0 Å². The van der Waals surface area contributed by atoms with E-state index in [1.165, 1.54) is 0 Å². The maximum atomic E-state index is 12.7. The molecule has 0 aliphatic heterocycles. The third-order valence-electron chi connectivity index (χ3n) is 4.26. The van der Waals surface area contributed by atoms with Crippen molar-refractivity contribution in [2.24, 2.45) is 5.41 Å². The number of benzene rings is 1. The molecule has 0 spiro atoms. The molecular weight excluding hydrogens is 324 g/mol. The van der Waals surface area contributed by atoms with E-state index >= 15 is 0 Å². The van der Waals surface area contributed by atoms with Crippen LogP contribution in [0.15, 0.2) is 18.2 Å². The molecule has 1 aliphatic carbocycles. The van der Waals surface area contributed by atoms with E-state index in [1.807, 2.05) is 13.0 Å². The summed E-state index contributed by atoms with van der Waals surface area (Å²) in [6.45, 7) is 5.61. The van der Waals surface area contributed by atoms with Crippen molar-refractivity contribution in [3.63, 3.8) is 0 Å². The van der Waals surface area contributed by atoms with E-state index in [4.69, 9.17) is 18.9 Å². The predicted octanol–water partition coefficient (Wildman–Crippen LogP) is 2.78. The molecule has 0 saturated heterocycles. The van der Waals surface area contributed by atoms with Crippen molar-refractivity contribution in [3.05, 3.63) is 29.3 Å². The lowest BCUT2D eigenvalue weighted by Crippen LogP contribution is -2.44. The Bertz CT molecular complexity index is 686. The molecule has 0 saturated carbocycles. The fourth-order valence-electron chi connectivity index (χ4n) is 3.10. The molecule has 25 heavy (non-hydrogen) atoms. The summed E-state index contributed by atoms with van der Waals surface area (Å²) in [4.78, 5) is 25.4. The first-order valence-corrected chi connectivity index (χ1v) is 8.22. The second kappa shape index (κ2) is 7.59. The molecule has 0 amide bonds. The van der Waals surface area contributed by atoms with Crippen molar-refractivity contribution in [1.29, 1.82) is 0 Å². The Kier molecular flexibility index (Phi) is 5.72. The number of methoxy groups -OCH3 is 2. The minimum atomic E-state index is -1.51. The van der Waals surface area contributed by atoms with Crippen LogP contribution in [0.4, 0.5) is 0 Å². The second-order valence-electron chi connectivity index (χ2n) is 5.77. The van der Waals surface area contributed by atoms with Gasteiger partial charge in [-0.1, -0.05) is 6.08 Å². The Morgan fingerprint density at radius 3 is 2.12 bits per heavy atom. The van der Waals surface area contributed by atoms with Gasteiger partial charge in [-0.25, -0.2) is 0 Å². The maximum absolute atomic E-state index is 12.7. The summed E-state index contributed by atoms with van der Waals surface area (Å²) in [6.07, 6.45) is 1.74. The van der Waals surface area contributed by atoms with E-state index in [0.29, 0.717) is 11.5 Å². The number of hydrogen-bond donors (Lipinski definition) is 0. The topological polar surface area (TPSA) is 71.1 Å². The lowest BCUT2D eigenvalue weighted by Gasteiger charge is -2.32. The van der Waals surface area contributed by atoms with Gasteiger partial charge in [-0.3, -0.25) is 9.59 Å². The van der Waals surface area contributed by atoms with Crippen LogP contribution in [0.5, 0.6) is 11.5 Å². The Hall–Kier alpha value is -2.50. The first-order chi connectivity index (χ1) is 11.9. The molecule has 1 aromatic rings. The summed E-state index contributed by atoms with van der Waals surface area (Å²) in [5, 5.41) is 0. The molecule has 6 nitrogen and oxygen atoms in total. The number of esters is 2. The van der Waals surface area contributed by atoms with Gasteiger partial charge in [0.05, 0.1) is 27.4 Å². The number of allylic oxidation sites excluding steroid dienone is 1. The number of carbonyl (C=O) groups excluding carboxylic acids is 2. The maximum Gasteiger partial charge on any atom is 0.327 e. The number of hydrogen-bond acceptors (Lipinski definition) is 6. The second-order valence-corrected chi connectivity index (χ2v) is 5.77. The predicted molar refractivity (Wildman–Crippen MR) is 92.6 cm³/mol. The van der Waals surface area contributed by atoms with Crippen molar-refractivity contribution < 1.29 is 28.5 Å². The van der Waals surface area contributed by atoms with Gasteiger partial charge in [0.25, 0.3) is 0 Å². The number of rotatable bonds is 6. The van der Waals surface area contributed by atoms with Crippen molar-refractivity contribution in [3.8, 4) is 11.5 Å². The Balaban J connectivity index is 2.64. The molecule has 0 aromatic heterocycles. The molecule has 1 aromatic carbocycles. The zero-order chi connectivity index (χ0) is 18.6. The van der Waals surface area contributed by atoms with Crippen LogP contribution in [-0.2, 0) is 25.5 Å². The number of fused-ring (bicyclic) bond motifs is 1. The summed E-state index contributed by atoms with van der Waals surface area (Å²) < 4.78 is 21.1. The lowest BCUT2D eigenvalue weighted by atomic mass is 9.73. The van der Waals surface area contributed by atoms with Crippen LogP contribution in [0.3, 0.4) is 0 Å². The van der Waals surface area contributed by atoms with Crippen LogP contribution in [0.2, 0.25) is 0 Å². The Morgan fingerprint density at radius 1 is 1.04 bits per heavy atom. The average molecular weight is 348 g/mol. The van der Waals surface area contributed by atoms with E-state index < -0.39 is 17.4 Å². The highest BCUT2D eigenvalue weighted by Gasteiger charge is 2.50. The van der Waals surface area contributed by atoms with Gasteiger partial charge in [0, 0.05) is 18.1 Å². The van der Waals surface area contributed by atoms with Gasteiger partial charge >= 0.3 is 11.9 Å². The van der Waals surface area contributed by atoms with Crippen molar-refractivity contribution in [1.82, 2.24) is 0 Å². The molecule has 0 bridgehead atoms.